The lowest BCUT2D eigenvalue weighted by Gasteiger charge is -2.16. The average Bonchev–Trinajstić information content (AvgIpc) is 3.25. The SMILES string of the molecule is O=C(CSc1nc2c(cnn2CCO)c(=O)[nH]1)N1CCc2ccccc21. The summed E-state index contributed by atoms with van der Waals surface area (Å²) in [4.78, 5) is 33.6. The van der Waals surface area contributed by atoms with Crippen molar-refractivity contribution in [3.8, 4) is 0 Å². The number of aliphatic hydroxyl groups excluding tert-OH is 1. The highest BCUT2D eigenvalue weighted by atomic mass is 32.2. The predicted octanol–water partition coefficient (Wildman–Crippen LogP) is 0.793. The fourth-order valence-electron chi connectivity index (χ4n) is 3.08. The molecule has 3 aromatic rings. The number of hydrogen-bond donors (Lipinski definition) is 2. The molecule has 0 fully saturated rings. The molecule has 0 unspecified atom stereocenters. The normalized spacial score (nSPS) is 13.3. The standard InChI is InChI=1S/C17H17N5O3S/c23-8-7-22-15-12(9-18-22)16(25)20-17(19-15)26-10-14(24)21-6-5-11-3-1-2-4-13(11)21/h1-4,9,23H,5-8,10H2,(H,19,20,25). The summed E-state index contributed by atoms with van der Waals surface area (Å²) in [7, 11) is 0. The van der Waals surface area contributed by atoms with Crippen molar-refractivity contribution in [2.45, 2.75) is 18.1 Å². The maximum Gasteiger partial charge on any atom is 0.262 e. The summed E-state index contributed by atoms with van der Waals surface area (Å²) in [6, 6.07) is 7.88. The summed E-state index contributed by atoms with van der Waals surface area (Å²) in [5.41, 5.74) is 2.23. The van der Waals surface area contributed by atoms with Gasteiger partial charge in [-0.25, -0.2) is 9.67 Å². The van der Waals surface area contributed by atoms with E-state index in [0.717, 1.165) is 12.1 Å². The Morgan fingerprint density at radius 1 is 1.35 bits per heavy atom. The first-order chi connectivity index (χ1) is 12.7. The quantitative estimate of drug-likeness (QED) is 0.508. The lowest BCUT2D eigenvalue weighted by Crippen LogP contribution is -2.30. The minimum absolute atomic E-state index is 0.0217. The number of benzene rings is 1. The van der Waals surface area contributed by atoms with E-state index in [-0.39, 0.29) is 30.4 Å². The van der Waals surface area contributed by atoms with Crippen molar-refractivity contribution >= 4 is 34.4 Å². The Bertz CT molecular complexity index is 1030. The second-order valence-corrected chi connectivity index (χ2v) is 6.88. The number of carbonyl (C=O) groups excluding carboxylic acids is 1. The molecule has 1 aromatic carbocycles. The largest absolute Gasteiger partial charge is 0.394 e. The topological polar surface area (TPSA) is 104 Å². The molecule has 4 rings (SSSR count). The zero-order chi connectivity index (χ0) is 18.1. The van der Waals surface area contributed by atoms with Crippen molar-refractivity contribution < 1.29 is 9.90 Å². The minimum atomic E-state index is -0.305. The van der Waals surface area contributed by atoms with Crippen LogP contribution in [0.15, 0.2) is 40.4 Å². The molecule has 2 aromatic heterocycles. The maximum atomic E-state index is 12.6. The van der Waals surface area contributed by atoms with E-state index in [0.29, 0.717) is 22.7 Å². The van der Waals surface area contributed by atoms with Crippen molar-refractivity contribution in [2.24, 2.45) is 0 Å². The van der Waals surface area contributed by atoms with Crippen molar-refractivity contribution in [3.05, 3.63) is 46.4 Å². The zero-order valence-electron chi connectivity index (χ0n) is 13.9. The van der Waals surface area contributed by atoms with E-state index >= 15 is 0 Å². The lowest BCUT2D eigenvalue weighted by molar-refractivity contribution is -0.116. The summed E-state index contributed by atoms with van der Waals surface area (Å²) in [6.45, 7) is 0.832. The first kappa shape index (κ1) is 16.8. The van der Waals surface area contributed by atoms with Gasteiger partial charge in [0, 0.05) is 12.2 Å². The van der Waals surface area contributed by atoms with Crippen molar-refractivity contribution in [1.82, 2.24) is 19.7 Å². The van der Waals surface area contributed by atoms with Crippen LogP contribution in [0.5, 0.6) is 0 Å². The molecule has 2 N–H and O–H groups in total. The molecule has 0 saturated heterocycles. The van der Waals surface area contributed by atoms with Gasteiger partial charge < -0.3 is 15.0 Å². The number of aromatic amines is 1. The second kappa shape index (κ2) is 6.93. The fraction of sp³-hybridized carbons (Fsp3) is 0.294. The molecule has 9 heteroatoms. The number of rotatable bonds is 5. The number of anilines is 1. The number of nitrogens with zero attached hydrogens (tertiary/aromatic N) is 4. The van der Waals surface area contributed by atoms with Crippen molar-refractivity contribution in [2.75, 3.05) is 23.8 Å². The molecular formula is C17H17N5O3S. The monoisotopic (exact) mass is 371 g/mol. The van der Waals surface area contributed by atoms with Crippen LogP contribution in [0.4, 0.5) is 5.69 Å². The van der Waals surface area contributed by atoms with Gasteiger partial charge in [0.1, 0.15) is 5.39 Å². The molecule has 0 radical (unpaired) electrons. The molecule has 1 aliphatic heterocycles. The highest BCUT2D eigenvalue weighted by molar-refractivity contribution is 7.99. The van der Waals surface area contributed by atoms with Gasteiger partial charge in [-0.15, -0.1) is 0 Å². The van der Waals surface area contributed by atoms with Crippen LogP contribution >= 0.6 is 11.8 Å². The second-order valence-electron chi connectivity index (χ2n) is 5.91. The number of thioether (sulfide) groups is 1. The van der Waals surface area contributed by atoms with Gasteiger partial charge in [0.05, 0.1) is 25.1 Å². The molecule has 0 bridgehead atoms. The van der Waals surface area contributed by atoms with Crippen molar-refractivity contribution in [1.29, 1.82) is 0 Å². The van der Waals surface area contributed by atoms with E-state index in [1.54, 1.807) is 4.90 Å². The van der Waals surface area contributed by atoms with Crippen LogP contribution in [0.2, 0.25) is 0 Å². The van der Waals surface area contributed by atoms with Gasteiger partial charge in [-0.1, -0.05) is 30.0 Å². The first-order valence-corrected chi connectivity index (χ1v) is 9.23. The number of nitrogens with one attached hydrogen (secondary N) is 1. The third kappa shape index (κ3) is 2.99. The van der Waals surface area contributed by atoms with E-state index in [1.165, 1.54) is 28.2 Å². The molecule has 1 aliphatic rings. The van der Waals surface area contributed by atoms with Crippen LogP contribution in [0.1, 0.15) is 5.56 Å². The van der Waals surface area contributed by atoms with Gasteiger partial charge in [0.2, 0.25) is 5.91 Å². The molecule has 1 amide bonds. The van der Waals surface area contributed by atoms with Gasteiger partial charge in [-0.3, -0.25) is 9.59 Å². The minimum Gasteiger partial charge on any atom is -0.394 e. The smallest absolute Gasteiger partial charge is 0.262 e. The Labute approximate surface area is 152 Å². The lowest BCUT2D eigenvalue weighted by atomic mass is 10.2. The number of para-hydroxylation sites is 1. The Kier molecular flexibility index (Phi) is 4.48. The summed E-state index contributed by atoms with van der Waals surface area (Å²) >= 11 is 1.19. The number of amides is 1. The van der Waals surface area contributed by atoms with Crippen LogP contribution in [-0.2, 0) is 17.8 Å². The third-order valence-corrected chi connectivity index (χ3v) is 5.17. The molecule has 26 heavy (non-hydrogen) atoms. The Morgan fingerprint density at radius 2 is 2.19 bits per heavy atom. The summed E-state index contributed by atoms with van der Waals surface area (Å²) in [5, 5.41) is 13.9. The number of H-pyrrole nitrogens is 1. The molecule has 134 valence electrons. The van der Waals surface area contributed by atoms with Crippen molar-refractivity contribution in [3.63, 3.8) is 0 Å². The Balaban J connectivity index is 1.52. The molecule has 0 aliphatic carbocycles. The fourth-order valence-corrected chi connectivity index (χ4v) is 3.81. The van der Waals surface area contributed by atoms with Crippen LogP contribution < -0.4 is 10.5 Å². The maximum absolute atomic E-state index is 12.6. The predicted molar refractivity (Wildman–Crippen MR) is 98.5 cm³/mol. The third-order valence-electron chi connectivity index (χ3n) is 4.32. The number of fused-ring (bicyclic) bond motifs is 2. The van der Waals surface area contributed by atoms with Crippen LogP contribution in [0.3, 0.4) is 0 Å². The van der Waals surface area contributed by atoms with Crippen LogP contribution in [0, 0.1) is 0 Å². The van der Waals surface area contributed by atoms with E-state index in [9.17, 15) is 9.59 Å². The van der Waals surface area contributed by atoms with Gasteiger partial charge >= 0.3 is 0 Å². The van der Waals surface area contributed by atoms with Gasteiger partial charge in [0.15, 0.2) is 10.8 Å². The van der Waals surface area contributed by atoms with E-state index < -0.39 is 0 Å². The molecule has 0 spiro atoms. The number of hydrogen-bond acceptors (Lipinski definition) is 6. The number of aliphatic hydroxyl groups is 1. The van der Waals surface area contributed by atoms with Crippen LogP contribution in [-0.4, -0.2) is 49.7 Å². The average molecular weight is 371 g/mol. The summed E-state index contributed by atoms with van der Waals surface area (Å²) < 4.78 is 1.48. The molecular weight excluding hydrogens is 354 g/mol. The van der Waals surface area contributed by atoms with E-state index in [4.69, 9.17) is 5.11 Å². The summed E-state index contributed by atoms with van der Waals surface area (Å²) in [6.07, 6.45) is 2.28. The highest BCUT2D eigenvalue weighted by Crippen LogP contribution is 2.28. The van der Waals surface area contributed by atoms with E-state index in [1.807, 2.05) is 24.3 Å². The van der Waals surface area contributed by atoms with Gasteiger partial charge in [-0.2, -0.15) is 5.10 Å². The highest BCUT2D eigenvalue weighted by Gasteiger charge is 2.24. The molecule has 3 heterocycles. The Morgan fingerprint density at radius 3 is 3.04 bits per heavy atom. The first-order valence-electron chi connectivity index (χ1n) is 8.25. The molecule has 0 saturated carbocycles. The van der Waals surface area contributed by atoms with E-state index in [2.05, 4.69) is 15.1 Å². The van der Waals surface area contributed by atoms with Crippen LogP contribution in [0.25, 0.3) is 11.0 Å². The van der Waals surface area contributed by atoms with Gasteiger partial charge in [-0.05, 0) is 18.1 Å². The molecule has 8 nitrogen and oxygen atoms in total. The zero-order valence-corrected chi connectivity index (χ0v) is 14.7. The number of carbonyl (C=O) groups is 1. The Hall–Kier alpha value is -2.65. The number of aromatic nitrogens is 4. The van der Waals surface area contributed by atoms with Gasteiger partial charge in [0.25, 0.3) is 5.56 Å². The summed E-state index contributed by atoms with van der Waals surface area (Å²) in [5.74, 6) is 0.156. The molecule has 0 atom stereocenters.